The molecule has 5 heteroatoms. The van der Waals surface area contributed by atoms with E-state index in [-0.39, 0.29) is 5.91 Å². The van der Waals surface area contributed by atoms with Crippen molar-refractivity contribution in [3.8, 4) is 5.75 Å². The first-order valence-electron chi connectivity index (χ1n) is 7.63. The first-order chi connectivity index (χ1) is 11.6. The minimum Gasteiger partial charge on any atom is -0.497 e. The van der Waals surface area contributed by atoms with Gasteiger partial charge in [-0.05, 0) is 47.9 Å². The molecule has 2 aromatic rings. The van der Waals surface area contributed by atoms with E-state index in [1.165, 1.54) is 17.3 Å². The Labute approximate surface area is 151 Å². The molecule has 1 saturated heterocycles. The van der Waals surface area contributed by atoms with Crippen molar-refractivity contribution in [3.05, 3.63) is 64.6 Å². The monoisotopic (exact) mass is 355 g/mol. The summed E-state index contributed by atoms with van der Waals surface area (Å²) in [6, 6.07) is 15.5. The fraction of sp³-hybridized carbons (Fsp3) is 0.158. The van der Waals surface area contributed by atoms with E-state index in [1.807, 2.05) is 54.6 Å². The van der Waals surface area contributed by atoms with E-state index in [1.54, 1.807) is 12.0 Å². The number of carbonyl (C=O) groups excluding carboxylic acids is 1. The van der Waals surface area contributed by atoms with Crippen LogP contribution in [0.4, 0.5) is 5.69 Å². The Hall–Kier alpha value is -2.11. The number of amides is 1. The molecule has 0 aliphatic carbocycles. The highest BCUT2D eigenvalue weighted by Gasteiger charge is 2.33. The Morgan fingerprint density at radius 3 is 2.38 bits per heavy atom. The standard InChI is InChI=1S/C19H17NO2S2/c1-3-13-4-8-15(9-5-13)20-18(21)17(24-19(20)23)12-14-6-10-16(22-2)11-7-14/h4-12H,3H2,1-2H3/b17-12-. The summed E-state index contributed by atoms with van der Waals surface area (Å²) in [5, 5.41) is 0. The van der Waals surface area contributed by atoms with Crippen molar-refractivity contribution in [1.82, 2.24) is 0 Å². The molecular weight excluding hydrogens is 338 g/mol. The number of ether oxygens (including phenoxy) is 1. The van der Waals surface area contributed by atoms with E-state index < -0.39 is 0 Å². The smallest absolute Gasteiger partial charge is 0.270 e. The first-order valence-corrected chi connectivity index (χ1v) is 8.86. The van der Waals surface area contributed by atoms with Crippen LogP contribution in [0.15, 0.2) is 53.4 Å². The van der Waals surface area contributed by atoms with Gasteiger partial charge in [-0.25, -0.2) is 0 Å². The molecule has 1 aliphatic heterocycles. The Kier molecular flexibility index (Phi) is 5.02. The number of hydrogen-bond acceptors (Lipinski definition) is 4. The maximum atomic E-state index is 12.7. The van der Waals surface area contributed by atoms with E-state index in [2.05, 4.69) is 6.92 Å². The summed E-state index contributed by atoms with van der Waals surface area (Å²) in [5.74, 6) is 0.709. The van der Waals surface area contributed by atoms with Crippen molar-refractivity contribution < 1.29 is 9.53 Å². The summed E-state index contributed by atoms with van der Waals surface area (Å²) in [5.41, 5.74) is 2.99. The molecule has 0 aromatic heterocycles. The van der Waals surface area contributed by atoms with Gasteiger partial charge in [0.25, 0.3) is 5.91 Å². The van der Waals surface area contributed by atoms with Crippen molar-refractivity contribution in [2.24, 2.45) is 0 Å². The predicted octanol–water partition coefficient (Wildman–Crippen LogP) is 4.66. The molecule has 0 unspecified atom stereocenters. The minimum absolute atomic E-state index is 0.0786. The quantitative estimate of drug-likeness (QED) is 0.589. The van der Waals surface area contributed by atoms with Gasteiger partial charge in [0, 0.05) is 0 Å². The Bertz CT molecular complexity index is 795. The fourth-order valence-electron chi connectivity index (χ4n) is 2.42. The van der Waals surface area contributed by atoms with Crippen LogP contribution in [-0.2, 0) is 11.2 Å². The van der Waals surface area contributed by atoms with Crippen molar-refractivity contribution in [2.75, 3.05) is 12.0 Å². The third-order valence-corrected chi connectivity index (χ3v) is 5.11. The molecule has 1 aliphatic rings. The summed E-state index contributed by atoms with van der Waals surface area (Å²) in [6.45, 7) is 2.10. The average molecular weight is 355 g/mol. The lowest BCUT2D eigenvalue weighted by atomic mass is 10.1. The normalized spacial score (nSPS) is 16.1. The number of rotatable bonds is 4. The molecule has 0 spiro atoms. The summed E-state index contributed by atoms with van der Waals surface area (Å²) in [4.78, 5) is 14.9. The molecule has 122 valence electrons. The molecule has 3 nitrogen and oxygen atoms in total. The maximum absolute atomic E-state index is 12.7. The van der Waals surface area contributed by atoms with Crippen LogP contribution in [0.3, 0.4) is 0 Å². The van der Waals surface area contributed by atoms with Crippen molar-refractivity contribution >= 4 is 46.0 Å². The summed E-state index contributed by atoms with van der Waals surface area (Å²) < 4.78 is 5.71. The van der Waals surface area contributed by atoms with Gasteiger partial charge >= 0.3 is 0 Å². The number of nitrogens with zero attached hydrogens (tertiary/aromatic N) is 1. The molecule has 3 rings (SSSR count). The van der Waals surface area contributed by atoms with Gasteiger partial charge in [0.05, 0.1) is 17.7 Å². The highest BCUT2D eigenvalue weighted by molar-refractivity contribution is 8.27. The third kappa shape index (κ3) is 3.37. The maximum Gasteiger partial charge on any atom is 0.270 e. The van der Waals surface area contributed by atoms with Crippen molar-refractivity contribution in [2.45, 2.75) is 13.3 Å². The van der Waals surface area contributed by atoms with Crippen LogP contribution in [-0.4, -0.2) is 17.3 Å². The van der Waals surface area contributed by atoms with E-state index >= 15 is 0 Å². The predicted molar refractivity (Wildman–Crippen MR) is 104 cm³/mol. The number of benzene rings is 2. The number of anilines is 1. The van der Waals surface area contributed by atoms with Gasteiger partial charge in [-0.3, -0.25) is 9.69 Å². The molecule has 0 N–H and O–H groups in total. The van der Waals surface area contributed by atoms with E-state index in [0.717, 1.165) is 23.4 Å². The Morgan fingerprint density at radius 1 is 1.12 bits per heavy atom. The molecule has 1 fully saturated rings. The number of thiocarbonyl (C=S) groups is 1. The zero-order valence-electron chi connectivity index (χ0n) is 13.5. The lowest BCUT2D eigenvalue weighted by molar-refractivity contribution is -0.113. The molecule has 0 atom stereocenters. The molecular formula is C19H17NO2S2. The lowest BCUT2D eigenvalue weighted by Crippen LogP contribution is -2.27. The van der Waals surface area contributed by atoms with Crippen molar-refractivity contribution in [3.63, 3.8) is 0 Å². The highest BCUT2D eigenvalue weighted by Crippen LogP contribution is 2.36. The number of thioether (sulfide) groups is 1. The zero-order valence-corrected chi connectivity index (χ0v) is 15.1. The van der Waals surface area contributed by atoms with Gasteiger partial charge in [0.1, 0.15) is 5.75 Å². The lowest BCUT2D eigenvalue weighted by Gasteiger charge is -2.14. The van der Waals surface area contributed by atoms with E-state index in [4.69, 9.17) is 17.0 Å². The molecule has 2 aromatic carbocycles. The van der Waals surface area contributed by atoms with Crippen LogP contribution < -0.4 is 9.64 Å². The summed E-state index contributed by atoms with van der Waals surface area (Å²) >= 11 is 6.73. The SMILES string of the molecule is CCc1ccc(N2C(=O)/C(=C/c3ccc(OC)cc3)SC2=S)cc1. The van der Waals surface area contributed by atoms with E-state index in [9.17, 15) is 4.79 Å². The number of hydrogen-bond donors (Lipinski definition) is 0. The second kappa shape index (κ2) is 7.20. The first kappa shape index (κ1) is 16.7. The number of aryl methyl sites for hydroxylation is 1. The molecule has 1 heterocycles. The minimum atomic E-state index is -0.0786. The van der Waals surface area contributed by atoms with Gasteiger partial charge in [-0.2, -0.15) is 0 Å². The third-order valence-electron chi connectivity index (χ3n) is 3.81. The van der Waals surface area contributed by atoms with Crippen LogP contribution >= 0.6 is 24.0 Å². The Balaban J connectivity index is 1.85. The molecule has 24 heavy (non-hydrogen) atoms. The van der Waals surface area contributed by atoms with Gasteiger partial charge in [0.2, 0.25) is 0 Å². The summed E-state index contributed by atoms with van der Waals surface area (Å²) in [7, 11) is 1.63. The molecule has 0 bridgehead atoms. The average Bonchev–Trinajstić information content (AvgIpc) is 2.89. The van der Waals surface area contributed by atoms with Crippen LogP contribution in [0.25, 0.3) is 6.08 Å². The largest absolute Gasteiger partial charge is 0.497 e. The Morgan fingerprint density at radius 2 is 1.79 bits per heavy atom. The van der Waals surface area contributed by atoms with Crippen LogP contribution in [0.2, 0.25) is 0 Å². The van der Waals surface area contributed by atoms with Gasteiger partial charge < -0.3 is 4.74 Å². The van der Waals surface area contributed by atoms with Gasteiger partial charge in [-0.15, -0.1) is 0 Å². The van der Waals surface area contributed by atoms with Gasteiger partial charge in [-0.1, -0.05) is 55.2 Å². The second-order valence-corrected chi connectivity index (χ2v) is 6.99. The number of methoxy groups -OCH3 is 1. The van der Waals surface area contributed by atoms with Crippen LogP contribution in [0.1, 0.15) is 18.1 Å². The molecule has 0 radical (unpaired) electrons. The second-order valence-electron chi connectivity index (χ2n) is 5.31. The van der Waals surface area contributed by atoms with Crippen LogP contribution in [0.5, 0.6) is 5.75 Å². The van der Waals surface area contributed by atoms with E-state index in [0.29, 0.717) is 9.23 Å². The fourth-order valence-corrected chi connectivity index (χ4v) is 3.72. The summed E-state index contributed by atoms with van der Waals surface area (Å²) in [6.07, 6.45) is 2.83. The zero-order chi connectivity index (χ0) is 17.1. The van der Waals surface area contributed by atoms with Gasteiger partial charge in [0.15, 0.2) is 4.32 Å². The highest BCUT2D eigenvalue weighted by atomic mass is 32.2. The van der Waals surface area contributed by atoms with Crippen molar-refractivity contribution in [1.29, 1.82) is 0 Å². The van der Waals surface area contributed by atoms with Crippen LogP contribution in [0, 0.1) is 0 Å². The topological polar surface area (TPSA) is 29.5 Å². The molecule has 1 amide bonds. The molecule has 0 saturated carbocycles. The number of carbonyl (C=O) groups is 1.